The minimum Gasteiger partial charge on any atom is -0.493 e. The molecule has 0 aliphatic carbocycles. The first-order valence-electron chi connectivity index (χ1n) is 7.83. The van der Waals surface area contributed by atoms with E-state index in [0.717, 1.165) is 15.9 Å². The van der Waals surface area contributed by atoms with E-state index in [2.05, 4.69) is 45.4 Å². The third-order valence-electron chi connectivity index (χ3n) is 3.19. The van der Waals surface area contributed by atoms with Crippen molar-refractivity contribution in [3.63, 3.8) is 0 Å². The molecular weight excluding hydrogens is 402 g/mol. The molecule has 0 saturated carbocycles. The molecule has 0 aliphatic heterocycles. The predicted molar refractivity (Wildman–Crippen MR) is 107 cm³/mol. The number of nitrogens with one attached hydrogen (secondary N) is 2. The van der Waals surface area contributed by atoms with Gasteiger partial charge in [0, 0.05) is 10.0 Å². The zero-order valence-corrected chi connectivity index (χ0v) is 16.7. The van der Waals surface area contributed by atoms with Crippen LogP contribution < -0.4 is 15.4 Å². The van der Waals surface area contributed by atoms with E-state index in [9.17, 15) is 4.79 Å². The number of carbonyl (C=O) groups excluding carboxylic acids is 1. The van der Waals surface area contributed by atoms with E-state index in [4.69, 9.17) is 17.0 Å². The Labute approximate surface area is 161 Å². The zero-order valence-electron chi connectivity index (χ0n) is 14.3. The molecule has 5 nitrogen and oxygen atoms in total. The molecule has 0 saturated heterocycles. The minimum absolute atomic E-state index is 0.194. The molecule has 1 aromatic heterocycles. The Morgan fingerprint density at radius 3 is 2.52 bits per heavy atom. The van der Waals surface area contributed by atoms with Crippen molar-refractivity contribution in [2.45, 2.75) is 20.8 Å². The molecule has 0 spiro atoms. The molecule has 1 aromatic carbocycles. The fourth-order valence-electron chi connectivity index (χ4n) is 1.90. The predicted octanol–water partition coefficient (Wildman–Crippen LogP) is 4.31. The molecule has 0 bridgehead atoms. The van der Waals surface area contributed by atoms with Gasteiger partial charge in [-0.15, -0.1) is 0 Å². The molecule has 1 heterocycles. The number of carbonyl (C=O) groups is 1. The summed E-state index contributed by atoms with van der Waals surface area (Å²) in [6, 6.07) is 10.6. The highest BCUT2D eigenvalue weighted by atomic mass is 79.9. The van der Waals surface area contributed by atoms with Crippen LogP contribution in [0.4, 0.5) is 5.82 Å². The molecule has 2 aromatic rings. The Bertz CT molecular complexity index is 763. The average molecular weight is 422 g/mol. The number of benzene rings is 1. The van der Waals surface area contributed by atoms with Crippen molar-refractivity contribution in [1.82, 2.24) is 10.3 Å². The maximum absolute atomic E-state index is 12.2. The summed E-state index contributed by atoms with van der Waals surface area (Å²) in [4.78, 5) is 16.6. The van der Waals surface area contributed by atoms with E-state index in [0.29, 0.717) is 23.9 Å². The Balaban J connectivity index is 1.92. The lowest BCUT2D eigenvalue weighted by atomic mass is 10.2. The van der Waals surface area contributed by atoms with Gasteiger partial charge in [0.1, 0.15) is 11.6 Å². The molecule has 2 N–H and O–H groups in total. The van der Waals surface area contributed by atoms with Crippen LogP contribution in [0, 0.1) is 12.8 Å². The summed E-state index contributed by atoms with van der Waals surface area (Å²) in [6.07, 6.45) is 0. The second-order valence-electron chi connectivity index (χ2n) is 5.90. The number of hydrogen-bond acceptors (Lipinski definition) is 4. The van der Waals surface area contributed by atoms with Crippen LogP contribution in [0.15, 0.2) is 40.9 Å². The van der Waals surface area contributed by atoms with E-state index >= 15 is 0 Å². The Morgan fingerprint density at radius 2 is 1.92 bits per heavy atom. The largest absolute Gasteiger partial charge is 0.493 e. The number of amides is 1. The Morgan fingerprint density at radius 1 is 1.24 bits per heavy atom. The molecule has 0 atom stereocenters. The lowest BCUT2D eigenvalue weighted by molar-refractivity contribution is 0.0977. The normalized spacial score (nSPS) is 10.4. The molecule has 1 amide bonds. The molecule has 2 rings (SSSR count). The summed E-state index contributed by atoms with van der Waals surface area (Å²) in [5.74, 6) is 1.47. The van der Waals surface area contributed by atoms with Crippen molar-refractivity contribution in [2.24, 2.45) is 5.92 Å². The molecule has 25 heavy (non-hydrogen) atoms. The first-order chi connectivity index (χ1) is 11.8. The highest BCUT2D eigenvalue weighted by molar-refractivity contribution is 9.10. The van der Waals surface area contributed by atoms with E-state index in [1.165, 1.54) is 0 Å². The molecule has 0 unspecified atom stereocenters. The number of hydrogen-bond donors (Lipinski definition) is 2. The number of nitrogens with zero attached hydrogens (tertiary/aromatic N) is 1. The molecule has 0 radical (unpaired) electrons. The molecule has 0 fully saturated rings. The second kappa shape index (κ2) is 8.92. The fourth-order valence-corrected chi connectivity index (χ4v) is 2.32. The van der Waals surface area contributed by atoms with E-state index in [-0.39, 0.29) is 11.0 Å². The van der Waals surface area contributed by atoms with Gasteiger partial charge in [-0.1, -0.05) is 13.8 Å². The van der Waals surface area contributed by atoms with Crippen LogP contribution in [-0.2, 0) is 0 Å². The van der Waals surface area contributed by atoms with Gasteiger partial charge in [0.25, 0.3) is 5.91 Å². The maximum atomic E-state index is 12.2. The SMILES string of the molecule is Cc1nc(NC(=S)NC(=O)c2ccc(OCC(C)C)cc2)ccc1Br. The average Bonchev–Trinajstić information content (AvgIpc) is 2.56. The van der Waals surface area contributed by atoms with Crippen molar-refractivity contribution in [3.8, 4) is 5.75 Å². The monoisotopic (exact) mass is 421 g/mol. The molecule has 132 valence electrons. The van der Waals surface area contributed by atoms with Gasteiger partial charge >= 0.3 is 0 Å². The summed E-state index contributed by atoms with van der Waals surface area (Å²) in [6.45, 7) is 6.67. The first kappa shape index (κ1) is 19.3. The van der Waals surface area contributed by atoms with Crippen LogP contribution in [0.2, 0.25) is 0 Å². The van der Waals surface area contributed by atoms with Crippen LogP contribution in [-0.4, -0.2) is 22.6 Å². The van der Waals surface area contributed by atoms with Crippen LogP contribution >= 0.6 is 28.1 Å². The maximum Gasteiger partial charge on any atom is 0.257 e. The van der Waals surface area contributed by atoms with Crippen molar-refractivity contribution in [1.29, 1.82) is 0 Å². The van der Waals surface area contributed by atoms with Gasteiger partial charge in [0.05, 0.1) is 12.3 Å². The van der Waals surface area contributed by atoms with E-state index in [1.807, 2.05) is 13.0 Å². The lowest BCUT2D eigenvalue weighted by Gasteiger charge is -2.11. The molecule has 7 heteroatoms. The Kier molecular flexibility index (Phi) is 6.90. The summed E-state index contributed by atoms with van der Waals surface area (Å²) < 4.78 is 6.51. The van der Waals surface area contributed by atoms with Gasteiger partial charge in [0.15, 0.2) is 5.11 Å². The minimum atomic E-state index is -0.290. The van der Waals surface area contributed by atoms with Gasteiger partial charge < -0.3 is 10.1 Å². The standard InChI is InChI=1S/C18H20BrN3O2S/c1-11(2)10-24-14-6-4-13(5-7-14)17(23)22-18(25)21-16-9-8-15(19)12(3)20-16/h4-9,11H,10H2,1-3H3,(H2,20,21,22,23,25). The smallest absolute Gasteiger partial charge is 0.257 e. The van der Waals surface area contributed by atoms with Crippen LogP contribution in [0.3, 0.4) is 0 Å². The highest BCUT2D eigenvalue weighted by Crippen LogP contribution is 2.16. The number of ether oxygens (including phenoxy) is 1. The third kappa shape index (κ3) is 6.10. The number of pyridine rings is 1. The number of aromatic nitrogens is 1. The van der Waals surface area contributed by atoms with Crippen LogP contribution in [0.25, 0.3) is 0 Å². The number of anilines is 1. The van der Waals surface area contributed by atoms with Gasteiger partial charge in [0.2, 0.25) is 0 Å². The topological polar surface area (TPSA) is 63.2 Å². The number of aryl methyl sites for hydroxylation is 1. The molecular formula is C18H20BrN3O2S. The van der Waals surface area contributed by atoms with Crippen molar-refractivity contribution in [2.75, 3.05) is 11.9 Å². The zero-order chi connectivity index (χ0) is 18.4. The number of halogens is 1. The van der Waals surface area contributed by atoms with E-state index < -0.39 is 0 Å². The first-order valence-corrected chi connectivity index (χ1v) is 9.03. The quantitative estimate of drug-likeness (QED) is 0.703. The summed E-state index contributed by atoms with van der Waals surface area (Å²) >= 11 is 8.55. The third-order valence-corrected chi connectivity index (χ3v) is 4.23. The van der Waals surface area contributed by atoms with Gasteiger partial charge in [-0.3, -0.25) is 10.1 Å². The van der Waals surface area contributed by atoms with Crippen molar-refractivity contribution in [3.05, 3.63) is 52.1 Å². The second-order valence-corrected chi connectivity index (χ2v) is 7.16. The van der Waals surface area contributed by atoms with Crippen molar-refractivity contribution < 1.29 is 9.53 Å². The Hall–Kier alpha value is -1.99. The molecule has 0 aliphatic rings. The van der Waals surface area contributed by atoms with E-state index in [1.54, 1.807) is 30.3 Å². The number of thiocarbonyl (C=S) groups is 1. The van der Waals surface area contributed by atoms with Crippen LogP contribution in [0.1, 0.15) is 29.9 Å². The summed E-state index contributed by atoms with van der Waals surface area (Å²) in [7, 11) is 0. The fraction of sp³-hybridized carbons (Fsp3) is 0.278. The lowest BCUT2D eigenvalue weighted by Crippen LogP contribution is -2.34. The van der Waals surface area contributed by atoms with Crippen LogP contribution in [0.5, 0.6) is 5.75 Å². The highest BCUT2D eigenvalue weighted by Gasteiger charge is 2.09. The summed E-state index contributed by atoms with van der Waals surface area (Å²) in [5.41, 5.74) is 1.33. The van der Waals surface area contributed by atoms with Gasteiger partial charge in [-0.2, -0.15) is 0 Å². The summed E-state index contributed by atoms with van der Waals surface area (Å²) in [5, 5.41) is 5.73. The van der Waals surface area contributed by atoms with Gasteiger partial charge in [-0.05, 0) is 77.4 Å². The number of rotatable bonds is 5. The van der Waals surface area contributed by atoms with Gasteiger partial charge in [-0.25, -0.2) is 4.98 Å². The van der Waals surface area contributed by atoms with Crippen molar-refractivity contribution >= 4 is 45.0 Å².